The van der Waals surface area contributed by atoms with Crippen molar-refractivity contribution in [3.05, 3.63) is 35.1 Å². The van der Waals surface area contributed by atoms with Crippen LogP contribution in [0.25, 0.3) is 0 Å². The molecule has 1 N–H and O–H groups in total. The predicted octanol–water partition coefficient (Wildman–Crippen LogP) is 2.17. The molecule has 18 heavy (non-hydrogen) atoms. The van der Waals surface area contributed by atoms with Crippen molar-refractivity contribution >= 4 is 5.97 Å². The highest BCUT2D eigenvalue weighted by Gasteiger charge is 2.30. The van der Waals surface area contributed by atoms with Crippen LogP contribution in [0, 0.1) is 5.82 Å². The first-order valence-electron chi connectivity index (χ1n) is 6.23. The molecule has 0 radical (unpaired) electrons. The van der Waals surface area contributed by atoms with E-state index in [0.717, 1.165) is 17.5 Å². The van der Waals surface area contributed by atoms with Crippen molar-refractivity contribution in [3.63, 3.8) is 0 Å². The van der Waals surface area contributed by atoms with Gasteiger partial charge in [0.15, 0.2) is 0 Å². The summed E-state index contributed by atoms with van der Waals surface area (Å²) in [7, 11) is 0. The Labute approximate surface area is 106 Å². The molecule has 4 heteroatoms. The molecule has 98 valence electrons. The molecule has 0 fully saturated rings. The van der Waals surface area contributed by atoms with E-state index >= 15 is 0 Å². The van der Waals surface area contributed by atoms with Crippen LogP contribution >= 0.6 is 0 Å². The van der Waals surface area contributed by atoms with Crippen molar-refractivity contribution in [1.82, 2.24) is 0 Å². The third-order valence-corrected chi connectivity index (χ3v) is 3.37. The average molecular weight is 252 g/mol. The van der Waals surface area contributed by atoms with Crippen molar-refractivity contribution in [2.45, 2.75) is 38.2 Å². The van der Waals surface area contributed by atoms with Crippen molar-refractivity contribution in [1.29, 1.82) is 0 Å². The van der Waals surface area contributed by atoms with E-state index in [1.165, 1.54) is 12.1 Å². The highest BCUT2D eigenvalue weighted by Crippen LogP contribution is 2.34. The first-order valence-corrected chi connectivity index (χ1v) is 6.23. The third-order valence-electron chi connectivity index (χ3n) is 3.37. The van der Waals surface area contributed by atoms with E-state index < -0.39 is 6.10 Å². The number of hydrogen-bond donors (Lipinski definition) is 1. The topological polar surface area (TPSA) is 46.5 Å². The summed E-state index contributed by atoms with van der Waals surface area (Å²) in [6.45, 7) is 2.06. The summed E-state index contributed by atoms with van der Waals surface area (Å²) in [5.41, 5.74) is 1.75. The molecule has 0 amide bonds. The monoisotopic (exact) mass is 252 g/mol. The van der Waals surface area contributed by atoms with E-state index in [1.807, 2.05) is 0 Å². The number of aliphatic hydroxyl groups is 1. The SMILES string of the molecule is CCOC(=O)CC1c2cc(F)ccc2CCC1O. The summed E-state index contributed by atoms with van der Waals surface area (Å²) in [5, 5.41) is 9.99. The summed E-state index contributed by atoms with van der Waals surface area (Å²) >= 11 is 0. The molecule has 1 aromatic rings. The second-order valence-electron chi connectivity index (χ2n) is 4.56. The van der Waals surface area contributed by atoms with Gasteiger partial charge in [-0.15, -0.1) is 0 Å². The highest BCUT2D eigenvalue weighted by molar-refractivity contribution is 5.71. The lowest BCUT2D eigenvalue weighted by atomic mass is 9.79. The van der Waals surface area contributed by atoms with Gasteiger partial charge < -0.3 is 9.84 Å². The van der Waals surface area contributed by atoms with Gasteiger partial charge in [-0.3, -0.25) is 4.79 Å². The zero-order valence-electron chi connectivity index (χ0n) is 10.4. The summed E-state index contributed by atoms with van der Waals surface area (Å²) in [4.78, 5) is 11.5. The van der Waals surface area contributed by atoms with Crippen LogP contribution in [0.1, 0.15) is 36.8 Å². The van der Waals surface area contributed by atoms with E-state index in [0.29, 0.717) is 13.0 Å². The van der Waals surface area contributed by atoms with E-state index in [1.54, 1.807) is 13.0 Å². The Hall–Kier alpha value is -1.42. The van der Waals surface area contributed by atoms with Crippen LogP contribution in [0.2, 0.25) is 0 Å². The fraction of sp³-hybridized carbons (Fsp3) is 0.500. The average Bonchev–Trinajstić information content (AvgIpc) is 2.33. The highest BCUT2D eigenvalue weighted by atomic mass is 19.1. The number of ether oxygens (including phenoxy) is 1. The zero-order chi connectivity index (χ0) is 13.1. The van der Waals surface area contributed by atoms with Crippen molar-refractivity contribution in [3.8, 4) is 0 Å². The van der Waals surface area contributed by atoms with Crippen LogP contribution < -0.4 is 0 Å². The molecule has 2 unspecified atom stereocenters. The molecule has 0 aliphatic heterocycles. The fourth-order valence-corrected chi connectivity index (χ4v) is 2.50. The molecule has 1 aromatic carbocycles. The van der Waals surface area contributed by atoms with Crippen LogP contribution in [0.4, 0.5) is 4.39 Å². The molecular weight excluding hydrogens is 235 g/mol. The van der Waals surface area contributed by atoms with E-state index in [9.17, 15) is 14.3 Å². The van der Waals surface area contributed by atoms with Gasteiger partial charge in [-0.05, 0) is 43.0 Å². The first-order chi connectivity index (χ1) is 8.61. The van der Waals surface area contributed by atoms with Crippen LogP contribution in [0.5, 0.6) is 0 Å². The molecule has 0 saturated carbocycles. The number of halogens is 1. The Balaban J connectivity index is 2.24. The number of esters is 1. The fourth-order valence-electron chi connectivity index (χ4n) is 2.50. The number of carbonyl (C=O) groups excluding carboxylic acids is 1. The standard InChI is InChI=1S/C14H17FO3/c1-2-18-14(17)8-12-11-7-10(15)5-3-9(11)4-6-13(12)16/h3,5,7,12-13,16H,2,4,6,8H2,1H3. The molecule has 3 nitrogen and oxygen atoms in total. The van der Waals surface area contributed by atoms with Gasteiger partial charge in [0.2, 0.25) is 0 Å². The normalized spacial score (nSPS) is 22.4. The third kappa shape index (κ3) is 2.70. The summed E-state index contributed by atoms with van der Waals surface area (Å²) < 4.78 is 18.2. The number of hydrogen-bond acceptors (Lipinski definition) is 3. The summed E-state index contributed by atoms with van der Waals surface area (Å²) in [6, 6.07) is 4.56. The van der Waals surface area contributed by atoms with Gasteiger partial charge >= 0.3 is 5.97 Å². The Morgan fingerprint density at radius 2 is 2.33 bits per heavy atom. The molecule has 0 spiro atoms. The number of rotatable bonds is 3. The number of aliphatic hydroxyl groups excluding tert-OH is 1. The van der Waals surface area contributed by atoms with Gasteiger partial charge in [-0.25, -0.2) is 4.39 Å². The van der Waals surface area contributed by atoms with Crippen molar-refractivity contribution < 1.29 is 19.0 Å². The number of carbonyl (C=O) groups is 1. The largest absolute Gasteiger partial charge is 0.466 e. The Kier molecular flexibility index (Phi) is 3.97. The Morgan fingerprint density at radius 1 is 1.56 bits per heavy atom. The van der Waals surface area contributed by atoms with Crippen LogP contribution in [-0.2, 0) is 16.0 Å². The minimum Gasteiger partial charge on any atom is -0.466 e. The van der Waals surface area contributed by atoms with Crippen molar-refractivity contribution in [2.24, 2.45) is 0 Å². The maximum absolute atomic E-state index is 13.3. The zero-order valence-corrected chi connectivity index (χ0v) is 10.4. The van der Waals surface area contributed by atoms with Crippen LogP contribution in [0.3, 0.4) is 0 Å². The van der Waals surface area contributed by atoms with E-state index in [4.69, 9.17) is 4.74 Å². The summed E-state index contributed by atoms with van der Waals surface area (Å²) in [6.07, 6.45) is 0.813. The molecule has 0 saturated heterocycles. The number of benzene rings is 1. The van der Waals surface area contributed by atoms with E-state index in [2.05, 4.69) is 0 Å². The predicted molar refractivity (Wildman–Crippen MR) is 64.7 cm³/mol. The van der Waals surface area contributed by atoms with E-state index in [-0.39, 0.29) is 24.1 Å². The Bertz CT molecular complexity index is 445. The van der Waals surface area contributed by atoms with Crippen molar-refractivity contribution in [2.75, 3.05) is 6.61 Å². The lowest BCUT2D eigenvalue weighted by Gasteiger charge is -2.29. The minimum absolute atomic E-state index is 0.103. The van der Waals surface area contributed by atoms with Crippen LogP contribution in [0.15, 0.2) is 18.2 Å². The quantitative estimate of drug-likeness (QED) is 0.839. The molecule has 1 aliphatic rings. The van der Waals surface area contributed by atoms with Gasteiger partial charge in [-0.2, -0.15) is 0 Å². The maximum atomic E-state index is 13.3. The second kappa shape index (κ2) is 5.48. The van der Waals surface area contributed by atoms with Gasteiger partial charge in [0, 0.05) is 5.92 Å². The molecule has 0 aromatic heterocycles. The minimum atomic E-state index is -0.608. The summed E-state index contributed by atoms with van der Waals surface area (Å²) in [5.74, 6) is -1.04. The number of fused-ring (bicyclic) bond motifs is 1. The Morgan fingerprint density at radius 3 is 3.06 bits per heavy atom. The molecule has 1 aliphatic carbocycles. The van der Waals surface area contributed by atoms with Crippen LogP contribution in [-0.4, -0.2) is 23.8 Å². The molecule has 2 rings (SSSR count). The second-order valence-corrected chi connectivity index (χ2v) is 4.56. The lowest BCUT2D eigenvalue weighted by Crippen LogP contribution is -2.28. The number of aryl methyl sites for hydroxylation is 1. The molecular formula is C14H17FO3. The lowest BCUT2D eigenvalue weighted by molar-refractivity contribution is -0.144. The van der Waals surface area contributed by atoms with Gasteiger partial charge in [-0.1, -0.05) is 6.07 Å². The molecule has 2 atom stereocenters. The smallest absolute Gasteiger partial charge is 0.306 e. The molecule has 0 bridgehead atoms. The van der Waals surface area contributed by atoms with Gasteiger partial charge in [0.25, 0.3) is 0 Å². The maximum Gasteiger partial charge on any atom is 0.306 e. The van der Waals surface area contributed by atoms with Gasteiger partial charge in [0.05, 0.1) is 19.1 Å². The first kappa shape index (κ1) is 13.0. The molecule has 0 heterocycles. The van der Waals surface area contributed by atoms with Gasteiger partial charge in [0.1, 0.15) is 5.82 Å².